The third kappa shape index (κ3) is 4.00. The van der Waals surface area contributed by atoms with Crippen LogP contribution in [0.3, 0.4) is 0 Å². The number of para-hydroxylation sites is 2. The van der Waals surface area contributed by atoms with E-state index in [1.54, 1.807) is 0 Å². The van der Waals surface area contributed by atoms with Gasteiger partial charge in [-0.3, -0.25) is 14.1 Å². The summed E-state index contributed by atoms with van der Waals surface area (Å²) in [6.07, 6.45) is 0.928. The largest absolute Gasteiger partial charge is 0.465 e. The van der Waals surface area contributed by atoms with Gasteiger partial charge >= 0.3 is 5.97 Å². The number of imidazole rings is 1. The molecule has 0 saturated carbocycles. The van der Waals surface area contributed by atoms with Crippen molar-refractivity contribution < 1.29 is 9.53 Å². The Morgan fingerprint density at radius 1 is 1.20 bits per heavy atom. The molecule has 7 heteroatoms. The number of aromatic nitrogens is 2. The maximum absolute atomic E-state index is 12.1. The lowest BCUT2D eigenvalue weighted by atomic mass is 9.97. The number of esters is 1. The minimum absolute atomic E-state index is 0.198. The standard InChI is InChI=1S/C28H29N5O2/c1-4-35-25(34)18-31(3)21-14-15-32(17-21)28-26(20-10-6-5-7-11-20)19(2)22(16-29)27-30-23-12-8-9-13-24(23)33(27)28/h5-13,21H,4,14-15,17-18H2,1-3H3/t21-/m0/s1. The van der Waals surface area contributed by atoms with Gasteiger partial charge in [-0.1, -0.05) is 42.5 Å². The number of benzene rings is 2. The van der Waals surface area contributed by atoms with E-state index in [9.17, 15) is 10.1 Å². The number of likely N-dealkylation sites (N-methyl/N-ethyl adjacent to an activating group) is 1. The third-order valence-electron chi connectivity index (χ3n) is 6.91. The fraction of sp³-hybridized carbons (Fsp3) is 0.321. The van der Waals surface area contributed by atoms with Crippen LogP contribution in [0.4, 0.5) is 5.82 Å². The van der Waals surface area contributed by atoms with Crippen LogP contribution in [0.1, 0.15) is 24.5 Å². The van der Waals surface area contributed by atoms with Gasteiger partial charge in [-0.25, -0.2) is 4.98 Å². The van der Waals surface area contributed by atoms with Crippen molar-refractivity contribution in [2.75, 3.05) is 38.2 Å². The summed E-state index contributed by atoms with van der Waals surface area (Å²) < 4.78 is 7.31. The normalized spacial score (nSPS) is 15.7. The number of hydrogen-bond donors (Lipinski definition) is 0. The van der Waals surface area contributed by atoms with Crippen molar-refractivity contribution in [3.05, 3.63) is 65.7 Å². The smallest absolute Gasteiger partial charge is 0.320 e. The van der Waals surface area contributed by atoms with Gasteiger partial charge in [-0.2, -0.15) is 5.26 Å². The molecule has 0 unspecified atom stereocenters. The first-order valence-electron chi connectivity index (χ1n) is 12.0. The van der Waals surface area contributed by atoms with Gasteiger partial charge in [0.25, 0.3) is 0 Å². The second-order valence-corrected chi connectivity index (χ2v) is 9.04. The Hall–Kier alpha value is -3.89. The number of nitrogens with zero attached hydrogens (tertiary/aromatic N) is 5. The molecule has 0 radical (unpaired) electrons. The fourth-order valence-electron chi connectivity index (χ4n) is 5.20. The van der Waals surface area contributed by atoms with Crippen LogP contribution in [0.15, 0.2) is 54.6 Å². The van der Waals surface area contributed by atoms with E-state index >= 15 is 0 Å². The van der Waals surface area contributed by atoms with Gasteiger partial charge in [0, 0.05) is 24.7 Å². The number of anilines is 1. The Morgan fingerprint density at radius 2 is 1.94 bits per heavy atom. The fourth-order valence-corrected chi connectivity index (χ4v) is 5.20. The summed E-state index contributed by atoms with van der Waals surface area (Å²) in [6.45, 7) is 6.11. The van der Waals surface area contributed by atoms with E-state index in [1.165, 1.54) is 0 Å². The number of pyridine rings is 1. The van der Waals surface area contributed by atoms with Crippen LogP contribution >= 0.6 is 0 Å². The van der Waals surface area contributed by atoms with Crippen LogP contribution in [-0.2, 0) is 9.53 Å². The summed E-state index contributed by atoms with van der Waals surface area (Å²) in [4.78, 5) is 21.4. The molecule has 0 amide bonds. The Labute approximate surface area is 205 Å². The van der Waals surface area contributed by atoms with E-state index in [1.807, 2.05) is 57.3 Å². The predicted molar refractivity (Wildman–Crippen MR) is 137 cm³/mol. The molecule has 1 fully saturated rings. The molecule has 1 atom stereocenters. The van der Waals surface area contributed by atoms with Crippen LogP contribution in [-0.4, -0.2) is 59.6 Å². The molecular formula is C28H29N5O2. The maximum Gasteiger partial charge on any atom is 0.320 e. The van der Waals surface area contributed by atoms with E-state index in [0.29, 0.717) is 17.8 Å². The molecule has 7 nitrogen and oxygen atoms in total. The number of ether oxygens (including phenoxy) is 1. The molecule has 3 heterocycles. The summed E-state index contributed by atoms with van der Waals surface area (Å²) in [5.41, 5.74) is 6.17. The molecule has 1 aliphatic rings. The van der Waals surface area contributed by atoms with Gasteiger partial charge < -0.3 is 9.64 Å². The quantitative estimate of drug-likeness (QED) is 0.391. The lowest BCUT2D eigenvalue weighted by Gasteiger charge is -2.28. The highest BCUT2D eigenvalue weighted by atomic mass is 16.5. The molecule has 0 aliphatic carbocycles. The zero-order valence-electron chi connectivity index (χ0n) is 20.4. The summed E-state index contributed by atoms with van der Waals surface area (Å²) in [5.74, 6) is 0.846. The van der Waals surface area contributed by atoms with Gasteiger partial charge in [0.05, 0.1) is 29.7 Å². The van der Waals surface area contributed by atoms with Crippen LogP contribution < -0.4 is 4.90 Å². The van der Waals surface area contributed by atoms with E-state index in [2.05, 4.69) is 38.5 Å². The number of carbonyl (C=O) groups is 1. The van der Waals surface area contributed by atoms with Crippen LogP contribution in [0.25, 0.3) is 27.8 Å². The first-order valence-corrected chi connectivity index (χ1v) is 12.0. The number of carbonyl (C=O) groups excluding carboxylic acids is 1. The topological polar surface area (TPSA) is 73.9 Å². The minimum atomic E-state index is -0.198. The van der Waals surface area contributed by atoms with Crippen LogP contribution in [0.2, 0.25) is 0 Å². The van der Waals surface area contributed by atoms with E-state index in [4.69, 9.17) is 9.72 Å². The van der Waals surface area contributed by atoms with Gasteiger partial charge in [0.1, 0.15) is 11.9 Å². The Kier molecular flexibility index (Phi) is 6.14. The van der Waals surface area contributed by atoms with Gasteiger partial charge in [-0.05, 0) is 50.6 Å². The van der Waals surface area contributed by atoms with Crippen molar-refractivity contribution in [1.29, 1.82) is 5.26 Å². The zero-order chi connectivity index (χ0) is 24.5. The number of hydrogen-bond acceptors (Lipinski definition) is 6. The van der Waals surface area contributed by atoms with E-state index in [0.717, 1.165) is 53.1 Å². The Bertz CT molecular complexity index is 1440. The molecule has 178 valence electrons. The van der Waals surface area contributed by atoms with Crippen LogP contribution in [0.5, 0.6) is 0 Å². The van der Waals surface area contributed by atoms with Crippen molar-refractivity contribution >= 4 is 28.5 Å². The molecule has 1 saturated heterocycles. The molecule has 2 aromatic heterocycles. The molecule has 35 heavy (non-hydrogen) atoms. The number of fused-ring (bicyclic) bond motifs is 3. The van der Waals surface area contributed by atoms with Crippen molar-refractivity contribution in [3.63, 3.8) is 0 Å². The summed E-state index contributed by atoms with van der Waals surface area (Å²) >= 11 is 0. The Morgan fingerprint density at radius 3 is 2.69 bits per heavy atom. The monoisotopic (exact) mass is 467 g/mol. The van der Waals surface area contributed by atoms with Gasteiger partial charge in [0.2, 0.25) is 0 Å². The lowest BCUT2D eigenvalue weighted by molar-refractivity contribution is -0.144. The predicted octanol–water partition coefficient (Wildman–Crippen LogP) is 4.41. The summed E-state index contributed by atoms with van der Waals surface area (Å²) in [6, 6.07) is 20.9. The third-order valence-corrected chi connectivity index (χ3v) is 6.91. The van der Waals surface area contributed by atoms with E-state index in [-0.39, 0.29) is 18.6 Å². The molecular weight excluding hydrogens is 438 g/mol. The number of rotatable bonds is 6. The molecule has 2 aromatic carbocycles. The average Bonchev–Trinajstić information content (AvgIpc) is 3.49. The van der Waals surface area contributed by atoms with Crippen molar-refractivity contribution in [3.8, 4) is 17.2 Å². The highest BCUT2D eigenvalue weighted by Gasteiger charge is 2.32. The minimum Gasteiger partial charge on any atom is -0.465 e. The Balaban J connectivity index is 1.68. The van der Waals surface area contributed by atoms with E-state index < -0.39 is 0 Å². The van der Waals surface area contributed by atoms with Crippen molar-refractivity contribution in [2.24, 2.45) is 0 Å². The molecule has 0 N–H and O–H groups in total. The molecule has 0 bridgehead atoms. The summed E-state index contributed by atoms with van der Waals surface area (Å²) in [5, 5.41) is 10.1. The maximum atomic E-state index is 12.1. The van der Waals surface area contributed by atoms with Crippen molar-refractivity contribution in [2.45, 2.75) is 26.3 Å². The van der Waals surface area contributed by atoms with Gasteiger partial charge in [0.15, 0.2) is 5.65 Å². The first-order chi connectivity index (χ1) is 17.0. The number of nitriles is 1. The lowest BCUT2D eigenvalue weighted by Crippen LogP contribution is -2.38. The molecule has 5 rings (SSSR count). The molecule has 0 spiro atoms. The SMILES string of the molecule is CCOC(=O)CN(C)[C@H]1CCN(c2c(-c3ccccc3)c(C)c(C#N)c3nc4ccccc4n23)C1. The second kappa shape index (κ2) is 9.40. The van der Waals surface area contributed by atoms with Crippen LogP contribution in [0, 0.1) is 18.3 Å². The van der Waals surface area contributed by atoms with Crippen molar-refractivity contribution in [1.82, 2.24) is 14.3 Å². The first kappa shape index (κ1) is 22.9. The average molecular weight is 468 g/mol. The highest BCUT2D eigenvalue weighted by Crippen LogP contribution is 2.40. The summed E-state index contributed by atoms with van der Waals surface area (Å²) in [7, 11) is 1.98. The highest BCUT2D eigenvalue weighted by molar-refractivity contribution is 5.92. The molecule has 1 aliphatic heterocycles. The zero-order valence-corrected chi connectivity index (χ0v) is 20.4. The second-order valence-electron chi connectivity index (χ2n) is 9.04. The molecule has 4 aromatic rings. The van der Waals surface area contributed by atoms with Gasteiger partial charge in [-0.15, -0.1) is 0 Å².